The Bertz CT molecular complexity index is 1050. The standard InChI is InChI=1S/C21H19ClN4/c1-14-12-15(2)26-20(23-13-16-6-4-3-5-7-16)19(25-21(26)24-14)17-8-10-18(22)11-9-17/h3-12,23H,13H2,1-2H3. The summed E-state index contributed by atoms with van der Waals surface area (Å²) in [5.74, 6) is 1.64. The van der Waals surface area contributed by atoms with Crippen LogP contribution in [0.25, 0.3) is 17.0 Å². The molecule has 130 valence electrons. The summed E-state index contributed by atoms with van der Waals surface area (Å²) in [6.07, 6.45) is 0. The van der Waals surface area contributed by atoms with E-state index in [1.165, 1.54) is 5.56 Å². The number of anilines is 1. The number of hydrogen-bond donors (Lipinski definition) is 1. The minimum Gasteiger partial charge on any atom is -0.365 e. The first-order valence-electron chi connectivity index (χ1n) is 8.52. The van der Waals surface area contributed by atoms with Crippen LogP contribution in [0.15, 0.2) is 60.7 Å². The zero-order valence-corrected chi connectivity index (χ0v) is 15.5. The van der Waals surface area contributed by atoms with Crippen molar-refractivity contribution in [2.45, 2.75) is 20.4 Å². The molecule has 2 heterocycles. The van der Waals surface area contributed by atoms with E-state index >= 15 is 0 Å². The smallest absolute Gasteiger partial charge is 0.236 e. The lowest BCUT2D eigenvalue weighted by Gasteiger charge is -2.11. The van der Waals surface area contributed by atoms with Crippen LogP contribution in [-0.4, -0.2) is 14.4 Å². The van der Waals surface area contributed by atoms with Crippen LogP contribution >= 0.6 is 11.6 Å². The first-order valence-corrected chi connectivity index (χ1v) is 8.90. The summed E-state index contributed by atoms with van der Waals surface area (Å²) in [6.45, 7) is 4.77. The third-order valence-corrected chi connectivity index (χ3v) is 4.58. The largest absolute Gasteiger partial charge is 0.365 e. The number of aromatic nitrogens is 3. The fraction of sp³-hybridized carbons (Fsp3) is 0.143. The topological polar surface area (TPSA) is 42.2 Å². The van der Waals surface area contributed by atoms with Gasteiger partial charge in [0, 0.05) is 28.5 Å². The lowest BCUT2D eigenvalue weighted by Crippen LogP contribution is -2.05. The maximum Gasteiger partial charge on any atom is 0.236 e. The van der Waals surface area contributed by atoms with Gasteiger partial charge in [-0.25, -0.2) is 9.97 Å². The molecule has 0 bridgehead atoms. The highest BCUT2D eigenvalue weighted by molar-refractivity contribution is 6.30. The molecule has 0 spiro atoms. The lowest BCUT2D eigenvalue weighted by atomic mass is 10.1. The fourth-order valence-electron chi connectivity index (χ4n) is 3.13. The van der Waals surface area contributed by atoms with Crippen molar-refractivity contribution in [1.29, 1.82) is 0 Å². The maximum atomic E-state index is 6.05. The Hall–Kier alpha value is -2.85. The van der Waals surface area contributed by atoms with E-state index in [4.69, 9.17) is 16.6 Å². The number of imidazole rings is 1. The van der Waals surface area contributed by atoms with Gasteiger partial charge in [-0.2, -0.15) is 0 Å². The molecule has 0 saturated carbocycles. The summed E-state index contributed by atoms with van der Waals surface area (Å²) in [4.78, 5) is 9.39. The summed E-state index contributed by atoms with van der Waals surface area (Å²) in [5, 5.41) is 4.26. The van der Waals surface area contributed by atoms with Crippen LogP contribution < -0.4 is 5.32 Å². The van der Waals surface area contributed by atoms with Crippen molar-refractivity contribution in [2.75, 3.05) is 5.32 Å². The van der Waals surface area contributed by atoms with Crippen LogP contribution in [0.5, 0.6) is 0 Å². The van der Waals surface area contributed by atoms with Crippen LogP contribution in [0.2, 0.25) is 5.02 Å². The van der Waals surface area contributed by atoms with E-state index in [2.05, 4.69) is 39.8 Å². The molecular weight excluding hydrogens is 344 g/mol. The Morgan fingerprint density at radius 3 is 2.42 bits per heavy atom. The van der Waals surface area contributed by atoms with Crippen LogP contribution in [0.3, 0.4) is 0 Å². The van der Waals surface area contributed by atoms with E-state index in [0.29, 0.717) is 17.3 Å². The number of fused-ring (bicyclic) bond motifs is 1. The second kappa shape index (κ2) is 6.81. The van der Waals surface area contributed by atoms with E-state index in [0.717, 1.165) is 28.5 Å². The number of halogens is 1. The number of nitrogens with zero attached hydrogens (tertiary/aromatic N) is 3. The lowest BCUT2D eigenvalue weighted by molar-refractivity contribution is 0.995. The summed E-state index contributed by atoms with van der Waals surface area (Å²) in [5.41, 5.74) is 5.14. The highest BCUT2D eigenvalue weighted by Gasteiger charge is 2.16. The molecule has 0 aliphatic carbocycles. The molecule has 1 N–H and O–H groups in total. The van der Waals surface area contributed by atoms with E-state index in [1.54, 1.807) is 0 Å². The zero-order valence-electron chi connectivity index (χ0n) is 14.7. The van der Waals surface area contributed by atoms with Crippen LogP contribution in [0.4, 0.5) is 5.82 Å². The summed E-state index contributed by atoms with van der Waals surface area (Å²) >= 11 is 6.05. The third kappa shape index (κ3) is 3.16. The summed E-state index contributed by atoms with van der Waals surface area (Å²) in [7, 11) is 0. The second-order valence-electron chi connectivity index (χ2n) is 6.33. The number of nitrogens with one attached hydrogen (secondary N) is 1. The quantitative estimate of drug-likeness (QED) is 0.537. The Balaban J connectivity index is 1.84. The molecule has 0 unspecified atom stereocenters. The first-order chi connectivity index (χ1) is 12.6. The molecule has 26 heavy (non-hydrogen) atoms. The van der Waals surface area contributed by atoms with Crippen molar-refractivity contribution in [3.8, 4) is 11.3 Å². The molecule has 0 saturated heterocycles. The van der Waals surface area contributed by atoms with E-state index in [9.17, 15) is 0 Å². The molecule has 0 fully saturated rings. The number of rotatable bonds is 4. The second-order valence-corrected chi connectivity index (χ2v) is 6.77. The van der Waals surface area contributed by atoms with Crippen molar-refractivity contribution in [3.05, 3.63) is 82.6 Å². The van der Waals surface area contributed by atoms with Gasteiger partial charge >= 0.3 is 0 Å². The zero-order chi connectivity index (χ0) is 18.1. The minimum atomic E-state index is 0.697. The van der Waals surface area contributed by atoms with Gasteiger partial charge in [0.1, 0.15) is 11.5 Å². The Morgan fingerprint density at radius 1 is 0.962 bits per heavy atom. The summed E-state index contributed by atoms with van der Waals surface area (Å²) in [6, 6.07) is 20.1. The molecule has 0 amide bonds. The van der Waals surface area contributed by atoms with Crippen molar-refractivity contribution in [1.82, 2.24) is 14.4 Å². The SMILES string of the molecule is Cc1cc(C)n2c(NCc3ccccc3)c(-c3ccc(Cl)cc3)nc2n1. The monoisotopic (exact) mass is 362 g/mol. The normalized spacial score (nSPS) is 11.0. The van der Waals surface area contributed by atoms with Crippen molar-refractivity contribution >= 4 is 23.2 Å². The summed E-state index contributed by atoms with van der Waals surface area (Å²) < 4.78 is 2.07. The number of benzene rings is 2. The predicted molar refractivity (Wildman–Crippen MR) is 107 cm³/mol. The fourth-order valence-corrected chi connectivity index (χ4v) is 3.25. The molecule has 0 aliphatic rings. The minimum absolute atomic E-state index is 0.697. The van der Waals surface area contributed by atoms with E-state index in [-0.39, 0.29) is 0 Å². The predicted octanol–water partition coefficient (Wildman–Crippen LogP) is 5.28. The Morgan fingerprint density at radius 2 is 1.69 bits per heavy atom. The average Bonchev–Trinajstić information content (AvgIpc) is 3.00. The molecule has 0 aliphatic heterocycles. The van der Waals surface area contributed by atoms with Gasteiger partial charge in [0.2, 0.25) is 5.78 Å². The van der Waals surface area contributed by atoms with E-state index < -0.39 is 0 Å². The highest BCUT2D eigenvalue weighted by atomic mass is 35.5. The Labute approximate surface area is 157 Å². The van der Waals surface area contributed by atoms with Gasteiger partial charge in [0.15, 0.2) is 0 Å². The van der Waals surface area contributed by atoms with Gasteiger partial charge in [0.25, 0.3) is 0 Å². The maximum absolute atomic E-state index is 6.05. The van der Waals surface area contributed by atoms with Gasteiger partial charge in [-0.1, -0.05) is 54.1 Å². The number of hydrogen-bond acceptors (Lipinski definition) is 3. The molecule has 5 heteroatoms. The van der Waals surface area contributed by atoms with Gasteiger partial charge < -0.3 is 5.32 Å². The molecule has 4 aromatic rings. The highest BCUT2D eigenvalue weighted by Crippen LogP contribution is 2.30. The van der Waals surface area contributed by atoms with E-state index in [1.807, 2.05) is 49.4 Å². The van der Waals surface area contributed by atoms with Crippen LogP contribution in [-0.2, 0) is 6.54 Å². The molecule has 4 rings (SSSR count). The molecule has 4 nitrogen and oxygen atoms in total. The number of aryl methyl sites for hydroxylation is 2. The molecular formula is C21H19ClN4. The van der Waals surface area contributed by atoms with Gasteiger partial charge in [0.05, 0.1) is 0 Å². The molecule has 0 atom stereocenters. The van der Waals surface area contributed by atoms with Gasteiger partial charge in [-0.3, -0.25) is 4.40 Å². The van der Waals surface area contributed by atoms with Gasteiger partial charge in [-0.15, -0.1) is 0 Å². The van der Waals surface area contributed by atoms with Crippen LogP contribution in [0, 0.1) is 13.8 Å². The average molecular weight is 363 g/mol. The molecule has 2 aromatic carbocycles. The van der Waals surface area contributed by atoms with Crippen molar-refractivity contribution in [2.24, 2.45) is 0 Å². The molecule has 2 aromatic heterocycles. The first kappa shape index (κ1) is 16.6. The van der Waals surface area contributed by atoms with Crippen molar-refractivity contribution < 1.29 is 0 Å². The third-order valence-electron chi connectivity index (χ3n) is 4.33. The van der Waals surface area contributed by atoms with Crippen molar-refractivity contribution in [3.63, 3.8) is 0 Å². The van der Waals surface area contributed by atoms with Crippen LogP contribution in [0.1, 0.15) is 17.0 Å². The van der Waals surface area contributed by atoms with Gasteiger partial charge in [-0.05, 0) is 37.6 Å². The Kier molecular flexibility index (Phi) is 4.35. The molecule has 0 radical (unpaired) electrons.